The van der Waals surface area contributed by atoms with Gasteiger partial charge < -0.3 is 5.73 Å². The van der Waals surface area contributed by atoms with Crippen LogP contribution in [0.3, 0.4) is 0 Å². The zero-order valence-electron chi connectivity index (χ0n) is 9.19. The average Bonchev–Trinajstić information content (AvgIpc) is 2.29. The number of hydrogen-bond acceptors (Lipinski definition) is 4. The first-order chi connectivity index (χ1) is 7.98. The van der Waals surface area contributed by atoms with Crippen molar-refractivity contribution in [2.45, 2.75) is 12.2 Å². The van der Waals surface area contributed by atoms with Crippen LogP contribution in [0.2, 0.25) is 0 Å². The lowest BCUT2D eigenvalue weighted by Gasteiger charge is -2.05. The van der Waals surface area contributed by atoms with Gasteiger partial charge in [0.2, 0.25) is 0 Å². The molecule has 0 aromatic heterocycles. The molecule has 0 aliphatic heterocycles. The largest absolute Gasteiger partial charge is 0.330 e. The fourth-order valence-corrected chi connectivity index (χ4v) is 2.81. The fourth-order valence-electron chi connectivity index (χ4n) is 1.35. The summed E-state index contributed by atoms with van der Waals surface area (Å²) in [5.41, 5.74) is 5.48. The monoisotopic (exact) mass is 256 g/mol. The Kier molecular flexibility index (Phi) is 4.61. The minimum atomic E-state index is -3.34. The highest BCUT2D eigenvalue weighted by atomic mass is 32.2. The minimum Gasteiger partial charge on any atom is -0.330 e. The molecule has 1 aromatic rings. The first-order valence-corrected chi connectivity index (χ1v) is 6.89. The molecule has 0 bridgehead atoms. The van der Waals surface area contributed by atoms with E-state index < -0.39 is 15.7 Å². The van der Waals surface area contributed by atoms with Gasteiger partial charge in [-0.3, -0.25) is 0 Å². The van der Waals surface area contributed by atoms with Crippen LogP contribution < -0.4 is 5.73 Å². The van der Waals surface area contributed by atoms with E-state index >= 15 is 0 Å². The van der Waals surface area contributed by atoms with Crippen molar-refractivity contribution < 1.29 is 12.8 Å². The summed E-state index contributed by atoms with van der Waals surface area (Å²) in [6.45, 7) is 0.287. The fraction of sp³-hybridized carbons (Fsp3) is 0.364. The van der Waals surface area contributed by atoms with Gasteiger partial charge in [-0.05, 0) is 25.1 Å². The molecule has 0 aliphatic rings. The van der Waals surface area contributed by atoms with E-state index in [1.807, 2.05) is 0 Å². The summed E-state index contributed by atoms with van der Waals surface area (Å²) in [5.74, 6) is -1.08. The van der Waals surface area contributed by atoms with Crippen LogP contribution in [-0.2, 0) is 15.6 Å². The van der Waals surface area contributed by atoms with E-state index in [9.17, 15) is 12.8 Å². The van der Waals surface area contributed by atoms with Crippen molar-refractivity contribution in [1.29, 1.82) is 5.26 Å². The molecule has 4 nitrogen and oxygen atoms in total. The van der Waals surface area contributed by atoms with Gasteiger partial charge in [0.05, 0.1) is 23.1 Å². The van der Waals surface area contributed by atoms with Crippen LogP contribution in [0.25, 0.3) is 0 Å². The average molecular weight is 256 g/mol. The SMILES string of the molecule is N#Cc1ccc(CS(=O)(=O)CCCN)c(F)c1. The number of halogens is 1. The number of nitriles is 1. The van der Waals surface area contributed by atoms with Gasteiger partial charge in [-0.25, -0.2) is 12.8 Å². The highest BCUT2D eigenvalue weighted by Crippen LogP contribution is 2.14. The molecule has 92 valence electrons. The van der Waals surface area contributed by atoms with E-state index in [4.69, 9.17) is 11.0 Å². The van der Waals surface area contributed by atoms with E-state index in [2.05, 4.69) is 0 Å². The van der Waals surface area contributed by atoms with Gasteiger partial charge in [0.1, 0.15) is 5.82 Å². The second kappa shape index (κ2) is 5.75. The molecule has 1 aromatic carbocycles. The highest BCUT2D eigenvalue weighted by Gasteiger charge is 2.14. The number of hydrogen-bond donors (Lipinski definition) is 1. The molecule has 2 N–H and O–H groups in total. The Morgan fingerprint density at radius 1 is 1.41 bits per heavy atom. The predicted octanol–water partition coefficient (Wildman–Crippen LogP) is 0.961. The number of sulfone groups is 1. The maximum Gasteiger partial charge on any atom is 0.154 e. The maximum atomic E-state index is 13.4. The summed E-state index contributed by atoms with van der Waals surface area (Å²) < 4.78 is 36.6. The highest BCUT2D eigenvalue weighted by molar-refractivity contribution is 7.90. The summed E-state index contributed by atoms with van der Waals surface area (Å²) in [5, 5.41) is 8.55. The second-order valence-electron chi connectivity index (χ2n) is 3.65. The van der Waals surface area contributed by atoms with Gasteiger partial charge in [-0.15, -0.1) is 0 Å². The molecule has 0 aliphatic carbocycles. The van der Waals surface area contributed by atoms with Gasteiger partial charge in [-0.2, -0.15) is 5.26 Å². The lowest BCUT2D eigenvalue weighted by molar-refractivity contribution is 0.585. The minimum absolute atomic E-state index is 0.0526. The molecule has 0 fully saturated rings. The zero-order chi connectivity index (χ0) is 12.9. The van der Waals surface area contributed by atoms with E-state index in [0.717, 1.165) is 6.07 Å². The van der Waals surface area contributed by atoms with Gasteiger partial charge in [-0.1, -0.05) is 6.07 Å². The molecule has 1 rings (SSSR count). The lowest BCUT2D eigenvalue weighted by atomic mass is 10.1. The molecule has 0 heterocycles. The van der Waals surface area contributed by atoms with Gasteiger partial charge in [0, 0.05) is 5.56 Å². The zero-order valence-corrected chi connectivity index (χ0v) is 10.0. The summed E-state index contributed by atoms with van der Waals surface area (Å²) in [6.07, 6.45) is 0.361. The molecule has 0 radical (unpaired) electrons. The van der Waals surface area contributed by atoms with Crippen LogP contribution in [0.1, 0.15) is 17.5 Å². The maximum absolute atomic E-state index is 13.4. The Morgan fingerprint density at radius 3 is 2.65 bits per heavy atom. The third-order valence-corrected chi connectivity index (χ3v) is 3.88. The van der Waals surface area contributed by atoms with Crippen LogP contribution >= 0.6 is 0 Å². The third-order valence-electron chi connectivity index (χ3n) is 2.22. The summed E-state index contributed by atoms with van der Waals surface area (Å²) >= 11 is 0. The molecule has 0 spiro atoms. The first kappa shape index (κ1) is 13.6. The summed E-state index contributed by atoms with van der Waals surface area (Å²) in [4.78, 5) is 0. The Morgan fingerprint density at radius 2 is 2.12 bits per heavy atom. The molecule has 0 saturated carbocycles. The van der Waals surface area contributed by atoms with E-state index in [1.165, 1.54) is 12.1 Å². The normalized spacial score (nSPS) is 11.1. The number of benzene rings is 1. The van der Waals surface area contributed by atoms with Crippen LogP contribution in [0.4, 0.5) is 4.39 Å². The lowest BCUT2D eigenvalue weighted by Crippen LogP contribution is -2.14. The molecule has 17 heavy (non-hydrogen) atoms. The topological polar surface area (TPSA) is 84.0 Å². The number of nitrogens with two attached hydrogens (primary N) is 1. The van der Waals surface area contributed by atoms with Crippen molar-refractivity contribution in [2.24, 2.45) is 5.73 Å². The van der Waals surface area contributed by atoms with Crippen LogP contribution in [0.15, 0.2) is 18.2 Å². The van der Waals surface area contributed by atoms with E-state index in [0.29, 0.717) is 6.42 Å². The van der Waals surface area contributed by atoms with Crippen LogP contribution in [-0.4, -0.2) is 20.7 Å². The van der Waals surface area contributed by atoms with E-state index in [1.54, 1.807) is 6.07 Å². The van der Waals surface area contributed by atoms with Gasteiger partial charge in [0.15, 0.2) is 9.84 Å². The Bertz CT molecular complexity index is 535. The standard InChI is InChI=1S/C11H13FN2O2S/c12-11-6-9(7-14)2-3-10(11)8-17(15,16)5-1-4-13/h2-3,6H,1,4-5,8,13H2. The molecule has 0 unspecified atom stereocenters. The van der Waals surface area contributed by atoms with Crippen LogP contribution in [0, 0.1) is 17.1 Å². The smallest absolute Gasteiger partial charge is 0.154 e. The van der Waals surface area contributed by atoms with Gasteiger partial charge in [0.25, 0.3) is 0 Å². The number of rotatable bonds is 5. The van der Waals surface area contributed by atoms with Crippen molar-refractivity contribution in [1.82, 2.24) is 0 Å². The van der Waals surface area contributed by atoms with Gasteiger partial charge >= 0.3 is 0 Å². The first-order valence-electron chi connectivity index (χ1n) is 5.07. The predicted molar refractivity (Wildman–Crippen MR) is 62.3 cm³/mol. The molecule has 6 heteroatoms. The molecule has 0 atom stereocenters. The van der Waals surface area contributed by atoms with E-state index in [-0.39, 0.29) is 29.2 Å². The van der Waals surface area contributed by atoms with Crippen molar-refractivity contribution in [3.05, 3.63) is 35.1 Å². The quantitative estimate of drug-likeness (QED) is 0.850. The Labute approximate surface area is 99.8 Å². The summed E-state index contributed by atoms with van der Waals surface area (Å²) in [7, 11) is -3.34. The third kappa shape index (κ3) is 4.13. The Balaban J connectivity index is 2.86. The molecule has 0 amide bonds. The van der Waals surface area contributed by atoms with Crippen molar-refractivity contribution in [2.75, 3.05) is 12.3 Å². The molecule has 0 saturated heterocycles. The number of nitrogens with zero attached hydrogens (tertiary/aromatic N) is 1. The molecular formula is C11H13FN2O2S. The van der Waals surface area contributed by atoms with Crippen LogP contribution in [0.5, 0.6) is 0 Å². The van der Waals surface area contributed by atoms with Crippen molar-refractivity contribution in [3.8, 4) is 6.07 Å². The molecular weight excluding hydrogens is 243 g/mol. The van der Waals surface area contributed by atoms with Crippen molar-refractivity contribution >= 4 is 9.84 Å². The van der Waals surface area contributed by atoms with Crippen molar-refractivity contribution in [3.63, 3.8) is 0 Å². The summed E-state index contributed by atoms with van der Waals surface area (Å²) in [6, 6.07) is 5.55. The Hall–Kier alpha value is -1.45. The second-order valence-corrected chi connectivity index (χ2v) is 5.84.